The van der Waals surface area contributed by atoms with Gasteiger partial charge in [-0.3, -0.25) is 0 Å². The fourth-order valence-corrected chi connectivity index (χ4v) is 4.08. The van der Waals surface area contributed by atoms with Gasteiger partial charge in [-0.15, -0.1) is 11.3 Å². The molecule has 1 fully saturated rings. The molecule has 2 nitrogen and oxygen atoms in total. The number of nitrogens with one attached hydrogen (secondary N) is 1. The van der Waals surface area contributed by atoms with Crippen LogP contribution in [0.4, 0.5) is 0 Å². The first-order valence-corrected chi connectivity index (χ1v) is 8.55. The molecule has 0 saturated carbocycles. The Morgan fingerprint density at radius 1 is 1.50 bits per heavy atom. The zero-order chi connectivity index (χ0) is 13.0. The molecule has 0 aromatic carbocycles. The van der Waals surface area contributed by atoms with E-state index in [1.807, 2.05) is 11.3 Å². The molecule has 4 heteroatoms. The molecule has 2 heterocycles. The summed E-state index contributed by atoms with van der Waals surface area (Å²) < 4.78 is 1.24. The van der Waals surface area contributed by atoms with Gasteiger partial charge < -0.3 is 10.2 Å². The van der Waals surface area contributed by atoms with Gasteiger partial charge in [0.15, 0.2) is 0 Å². The van der Waals surface area contributed by atoms with Crippen molar-refractivity contribution in [2.75, 3.05) is 19.6 Å². The van der Waals surface area contributed by atoms with Crippen LogP contribution in [-0.2, 0) is 6.54 Å². The van der Waals surface area contributed by atoms with Gasteiger partial charge >= 0.3 is 0 Å². The normalized spacial score (nSPS) is 20.2. The second kappa shape index (κ2) is 7.04. The Hall–Kier alpha value is 0.100. The Kier molecular flexibility index (Phi) is 5.67. The highest BCUT2D eigenvalue weighted by atomic mass is 79.9. The minimum atomic E-state index is 0.623. The first-order chi connectivity index (χ1) is 8.70. The fourth-order valence-electron chi connectivity index (χ4n) is 2.64. The van der Waals surface area contributed by atoms with Gasteiger partial charge in [0.05, 0.1) is 0 Å². The molecule has 0 bridgehead atoms. The van der Waals surface area contributed by atoms with Crippen molar-refractivity contribution in [2.45, 2.75) is 39.3 Å². The fraction of sp³-hybridized carbons (Fsp3) is 0.714. The summed E-state index contributed by atoms with van der Waals surface area (Å²) in [5.41, 5.74) is 0. The maximum Gasteiger partial charge on any atom is 0.0327 e. The molecule has 102 valence electrons. The number of likely N-dealkylation sites (tertiary alicyclic amines) is 1. The number of halogens is 1. The van der Waals surface area contributed by atoms with Gasteiger partial charge in [0.2, 0.25) is 0 Å². The van der Waals surface area contributed by atoms with Crippen molar-refractivity contribution in [3.8, 4) is 0 Å². The summed E-state index contributed by atoms with van der Waals surface area (Å²) in [5, 5.41) is 5.83. The summed E-state index contributed by atoms with van der Waals surface area (Å²) in [6.07, 6.45) is 2.68. The van der Waals surface area contributed by atoms with E-state index >= 15 is 0 Å². The lowest BCUT2D eigenvalue weighted by Gasteiger charge is -2.34. The Labute approximate surface area is 123 Å². The molecule has 1 saturated heterocycles. The molecule has 1 atom stereocenters. The highest BCUT2D eigenvalue weighted by molar-refractivity contribution is 9.10. The summed E-state index contributed by atoms with van der Waals surface area (Å²) >= 11 is 5.42. The lowest BCUT2D eigenvalue weighted by atomic mass is 9.90. The first kappa shape index (κ1) is 14.5. The standard InChI is InChI=1S/C14H23BrN2S/c1-3-17-7-4-12(5-8-17)11(2)16-10-14-13(15)6-9-18-14/h6,9,11-12,16H,3-5,7-8,10H2,1-2H3. The molecule has 0 aliphatic carbocycles. The van der Waals surface area contributed by atoms with Crippen molar-refractivity contribution in [2.24, 2.45) is 5.92 Å². The van der Waals surface area contributed by atoms with Crippen molar-refractivity contribution in [1.29, 1.82) is 0 Å². The van der Waals surface area contributed by atoms with Crippen molar-refractivity contribution in [3.63, 3.8) is 0 Å². The number of nitrogens with zero attached hydrogens (tertiary/aromatic N) is 1. The maximum absolute atomic E-state index is 3.69. The topological polar surface area (TPSA) is 15.3 Å². The van der Waals surface area contributed by atoms with Gasteiger partial charge in [-0.25, -0.2) is 0 Å². The molecular weight excluding hydrogens is 308 g/mol. The van der Waals surface area contributed by atoms with Crippen LogP contribution in [0.1, 0.15) is 31.6 Å². The minimum absolute atomic E-state index is 0.623. The van der Waals surface area contributed by atoms with E-state index in [0.29, 0.717) is 6.04 Å². The summed E-state index contributed by atoms with van der Waals surface area (Å²) in [6, 6.07) is 2.75. The Morgan fingerprint density at radius 2 is 2.22 bits per heavy atom. The SMILES string of the molecule is CCN1CCC(C(C)NCc2sccc2Br)CC1. The smallest absolute Gasteiger partial charge is 0.0327 e. The van der Waals surface area contributed by atoms with Gasteiger partial charge in [-0.1, -0.05) is 6.92 Å². The van der Waals surface area contributed by atoms with E-state index in [1.165, 1.54) is 41.8 Å². The molecule has 2 rings (SSSR count). The second-order valence-corrected chi connectivity index (χ2v) is 6.99. The van der Waals surface area contributed by atoms with Crippen molar-refractivity contribution in [3.05, 3.63) is 20.8 Å². The molecule has 1 unspecified atom stereocenters. The van der Waals surface area contributed by atoms with E-state index in [2.05, 4.69) is 51.4 Å². The molecule has 18 heavy (non-hydrogen) atoms. The Balaban J connectivity index is 1.75. The lowest BCUT2D eigenvalue weighted by molar-refractivity contribution is 0.168. The maximum atomic E-state index is 3.69. The second-order valence-electron chi connectivity index (χ2n) is 5.13. The van der Waals surface area contributed by atoms with Crippen LogP contribution in [0.15, 0.2) is 15.9 Å². The van der Waals surface area contributed by atoms with Crippen molar-refractivity contribution >= 4 is 27.3 Å². The number of thiophene rings is 1. The van der Waals surface area contributed by atoms with E-state index in [9.17, 15) is 0 Å². The van der Waals surface area contributed by atoms with Crippen molar-refractivity contribution < 1.29 is 0 Å². The third kappa shape index (κ3) is 3.80. The summed E-state index contributed by atoms with van der Waals surface area (Å²) in [6.45, 7) is 9.35. The van der Waals surface area contributed by atoms with E-state index in [0.717, 1.165) is 12.5 Å². The minimum Gasteiger partial charge on any atom is -0.309 e. The predicted molar refractivity (Wildman–Crippen MR) is 83.2 cm³/mol. The first-order valence-electron chi connectivity index (χ1n) is 6.88. The van der Waals surface area contributed by atoms with E-state index < -0.39 is 0 Å². The van der Waals surface area contributed by atoms with Crippen LogP contribution in [0.25, 0.3) is 0 Å². The monoisotopic (exact) mass is 330 g/mol. The zero-order valence-corrected chi connectivity index (χ0v) is 13.7. The average molecular weight is 331 g/mol. The van der Waals surface area contributed by atoms with Gasteiger partial charge in [-0.2, -0.15) is 0 Å². The molecule has 0 radical (unpaired) electrons. The Bertz CT molecular complexity index is 358. The predicted octanol–water partition coefficient (Wildman–Crippen LogP) is 3.72. The van der Waals surface area contributed by atoms with Crippen LogP contribution >= 0.6 is 27.3 Å². The summed E-state index contributed by atoms with van der Waals surface area (Å²) in [4.78, 5) is 3.96. The highest BCUT2D eigenvalue weighted by Gasteiger charge is 2.22. The molecule has 1 N–H and O–H groups in total. The quantitative estimate of drug-likeness (QED) is 0.885. The lowest BCUT2D eigenvalue weighted by Crippen LogP contribution is -2.41. The number of hydrogen-bond donors (Lipinski definition) is 1. The molecule has 1 aromatic heterocycles. The largest absolute Gasteiger partial charge is 0.309 e. The summed E-state index contributed by atoms with van der Waals surface area (Å²) in [7, 11) is 0. The van der Waals surface area contributed by atoms with Gasteiger partial charge in [0.25, 0.3) is 0 Å². The van der Waals surface area contributed by atoms with Gasteiger partial charge in [0, 0.05) is 21.9 Å². The number of hydrogen-bond acceptors (Lipinski definition) is 3. The molecule has 1 aliphatic rings. The average Bonchev–Trinajstić information content (AvgIpc) is 2.81. The van der Waals surface area contributed by atoms with Gasteiger partial charge in [0.1, 0.15) is 0 Å². The van der Waals surface area contributed by atoms with Gasteiger partial charge in [-0.05, 0) is 72.7 Å². The highest BCUT2D eigenvalue weighted by Crippen LogP contribution is 2.24. The summed E-state index contributed by atoms with van der Waals surface area (Å²) in [5.74, 6) is 0.839. The number of rotatable bonds is 5. The molecule has 1 aliphatic heterocycles. The van der Waals surface area contributed by atoms with Crippen LogP contribution in [0.5, 0.6) is 0 Å². The van der Waals surface area contributed by atoms with Crippen LogP contribution in [0.3, 0.4) is 0 Å². The zero-order valence-electron chi connectivity index (χ0n) is 11.3. The van der Waals surface area contributed by atoms with Crippen molar-refractivity contribution in [1.82, 2.24) is 10.2 Å². The van der Waals surface area contributed by atoms with Crippen LogP contribution in [0, 0.1) is 5.92 Å². The molecule has 0 amide bonds. The van der Waals surface area contributed by atoms with Crippen LogP contribution < -0.4 is 5.32 Å². The van der Waals surface area contributed by atoms with E-state index in [4.69, 9.17) is 0 Å². The van der Waals surface area contributed by atoms with Crippen LogP contribution in [0.2, 0.25) is 0 Å². The van der Waals surface area contributed by atoms with E-state index in [1.54, 1.807) is 0 Å². The van der Waals surface area contributed by atoms with E-state index in [-0.39, 0.29) is 0 Å². The Morgan fingerprint density at radius 3 is 2.78 bits per heavy atom. The van der Waals surface area contributed by atoms with Crippen LogP contribution in [-0.4, -0.2) is 30.6 Å². The molecular formula is C14H23BrN2S. The third-order valence-electron chi connectivity index (χ3n) is 4.06. The third-order valence-corrected chi connectivity index (χ3v) is 5.99. The molecule has 1 aromatic rings. The molecule has 0 spiro atoms. The number of piperidine rings is 1.